The van der Waals surface area contributed by atoms with Crippen molar-refractivity contribution in [1.82, 2.24) is 0 Å². The van der Waals surface area contributed by atoms with E-state index in [1.165, 1.54) is 0 Å². The molecule has 1 aliphatic rings. The number of cyclic esters (lactones) is 1. The largest absolute Gasteiger partial charge is 0.508 e. The van der Waals surface area contributed by atoms with Gasteiger partial charge >= 0.3 is 5.97 Å². The fourth-order valence-electron chi connectivity index (χ4n) is 2.09. The molecule has 0 radical (unpaired) electrons. The van der Waals surface area contributed by atoms with Crippen molar-refractivity contribution in [2.45, 2.75) is 0 Å². The summed E-state index contributed by atoms with van der Waals surface area (Å²) in [4.78, 5) is 11.4. The highest BCUT2D eigenvalue weighted by Gasteiger charge is 2.18. The number of phenolic OH excluding ortho intramolecular Hbond substituents is 1. The van der Waals surface area contributed by atoms with Gasteiger partial charge < -0.3 is 9.84 Å². The highest BCUT2D eigenvalue weighted by molar-refractivity contribution is 6.18. The van der Waals surface area contributed by atoms with E-state index in [1.54, 1.807) is 18.2 Å². The van der Waals surface area contributed by atoms with E-state index in [0.717, 1.165) is 16.7 Å². The third-order valence-corrected chi connectivity index (χ3v) is 3.12. The second-order valence-corrected chi connectivity index (χ2v) is 4.34. The van der Waals surface area contributed by atoms with Gasteiger partial charge in [-0.3, -0.25) is 0 Å². The average Bonchev–Trinajstić information content (AvgIpc) is 2.86. The number of carbonyl (C=O) groups is 1. The van der Waals surface area contributed by atoms with Gasteiger partial charge in [-0.2, -0.15) is 0 Å². The molecule has 1 aliphatic heterocycles. The maximum Gasteiger partial charge on any atom is 0.338 e. The van der Waals surface area contributed by atoms with E-state index >= 15 is 0 Å². The Balaban J connectivity index is 1.91. The quantitative estimate of drug-likeness (QED) is 0.836. The molecule has 2 aromatic carbocycles. The van der Waals surface area contributed by atoms with E-state index in [0.29, 0.717) is 12.2 Å². The first-order valence-corrected chi connectivity index (χ1v) is 6.01. The maximum absolute atomic E-state index is 11.4. The predicted molar refractivity (Wildman–Crippen MR) is 72.5 cm³/mol. The summed E-state index contributed by atoms with van der Waals surface area (Å²) in [6, 6.07) is 14.7. The summed E-state index contributed by atoms with van der Waals surface area (Å²) >= 11 is 0. The Hall–Kier alpha value is -2.55. The van der Waals surface area contributed by atoms with Crippen LogP contribution in [-0.2, 0) is 9.53 Å². The van der Waals surface area contributed by atoms with Gasteiger partial charge in [-0.05, 0) is 34.9 Å². The Kier molecular flexibility index (Phi) is 2.80. The van der Waals surface area contributed by atoms with Crippen LogP contribution < -0.4 is 0 Å². The van der Waals surface area contributed by atoms with Crippen molar-refractivity contribution in [3.05, 3.63) is 60.2 Å². The van der Waals surface area contributed by atoms with Crippen LogP contribution in [0, 0.1) is 0 Å². The second-order valence-electron chi connectivity index (χ2n) is 4.34. The van der Waals surface area contributed by atoms with Crippen LogP contribution in [0.2, 0.25) is 0 Å². The second kappa shape index (κ2) is 4.61. The molecule has 1 N–H and O–H groups in total. The number of carbonyl (C=O) groups excluding carboxylic acids is 1. The van der Waals surface area contributed by atoms with E-state index in [4.69, 9.17) is 4.74 Å². The Morgan fingerprint density at radius 3 is 1.89 bits per heavy atom. The molecule has 94 valence electrons. The third kappa shape index (κ3) is 2.22. The first-order valence-electron chi connectivity index (χ1n) is 6.01. The van der Waals surface area contributed by atoms with Crippen LogP contribution in [0.5, 0.6) is 5.75 Å². The molecule has 3 rings (SSSR count). The minimum absolute atomic E-state index is 0.249. The normalized spacial score (nSPS) is 14.1. The molecule has 0 unspecified atom stereocenters. The lowest BCUT2D eigenvalue weighted by atomic mass is 10.0. The van der Waals surface area contributed by atoms with Gasteiger partial charge in [0.15, 0.2) is 0 Å². The van der Waals surface area contributed by atoms with Gasteiger partial charge in [-0.25, -0.2) is 4.79 Å². The molecule has 0 bridgehead atoms. The van der Waals surface area contributed by atoms with Gasteiger partial charge in [-0.1, -0.05) is 36.4 Å². The molecule has 1 heterocycles. The molecular formula is C16H12O3. The molecule has 0 saturated carbocycles. The van der Waals surface area contributed by atoms with Crippen LogP contribution in [0.1, 0.15) is 5.56 Å². The smallest absolute Gasteiger partial charge is 0.338 e. The first kappa shape index (κ1) is 11.5. The number of hydrogen-bond donors (Lipinski definition) is 1. The van der Waals surface area contributed by atoms with Crippen LogP contribution >= 0.6 is 0 Å². The number of esters is 1. The zero-order chi connectivity index (χ0) is 13.2. The van der Waals surface area contributed by atoms with Crippen molar-refractivity contribution in [3.8, 4) is 16.9 Å². The summed E-state index contributed by atoms with van der Waals surface area (Å²) in [7, 11) is 0. The van der Waals surface area contributed by atoms with Crippen LogP contribution in [0.3, 0.4) is 0 Å². The van der Waals surface area contributed by atoms with Gasteiger partial charge in [0.1, 0.15) is 12.4 Å². The molecule has 0 aromatic heterocycles. The van der Waals surface area contributed by atoms with Crippen molar-refractivity contribution in [2.24, 2.45) is 0 Å². The number of ether oxygens (including phenoxy) is 1. The maximum atomic E-state index is 11.4. The predicted octanol–water partition coefficient (Wildman–Crippen LogP) is 3.00. The molecule has 19 heavy (non-hydrogen) atoms. The van der Waals surface area contributed by atoms with Gasteiger partial charge in [0, 0.05) is 0 Å². The Morgan fingerprint density at radius 1 is 0.842 bits per heavy atom. The molecule has 0 amide bonds. The summed E-state index contributed by atoms with van der Waals surface area (Å²) in [6.07, 6.45) is 1.79. The third-order valence-electron chi connectivity index (χ3n) is 3.12. The van der Waals surface area contributed by atoms with Gasteiger partial charge in [0.05, 0.1) is 5.57 Å². The van der Waals surface area contributed by atoms with Gasteiger partial charge in [0.2, 0.25) is 0 Å². The standard InChI is InChI=1S/C16H12O3/c17-14-7-5-12(6-8-14)11-1-3-13(4-2-11)15-9-10-19-16(15)18/h1-9,17H,10H2. The lowest BCUT2D eigenvalue weighted by Crippen LogP contribution is -1.98. The molecular weight excluding hydrogens is 240 g/mol. The number of rotatable bonds is 2. The minimum Gasteiger partial charge on any atom is -0.508 e. The number of phenols is 1. The van der Waals surface area contributed by atoms with Crippen molar-refractivity contribution in [1.29, 1.82) is 0 Å². The molecule has 0 aliphatic carbocycles. The number of hydrogen-bond acceptors (Lipinski definition) is 3. The SMILES string of the molecule is O=C1OCC=C1c1ccc(-c2ccc(O)cc2)cc1. The van der Waals surface area contributed by atoms with E-state index in [2.05, 4.69) is 0 Å². The first-order chi connectivity index (χ1) is 9.24. The lowest BCUT2D eigenvalue weighted by molar-refractivity contribution is -0.133. The fourth-order valence-corrected chi connectivity index (χ4v) is 2.09. The van der Waals surface area contributed by atoms with Gasteiger partial charge in [-0.15, -0.1) is 0 Å². The van der Waals surface area contributed by atoms with Crippen molar-refractivity contribution in [2.75, 3.05) is 6.61 Å². The highest BCUT2D eigenvalue weighted by atomic mass is 16.5. The molecule has 0 fully saturated rings. The molecule has 3 heteroatoms. The molecule has 0 spiro atoms. The summed E-state index contributed by atoms with van der Waals surface area (Å²) in [5, 5.41) is 9.26. The molecule has 0 saturated heterocycles. The van der Waals surface area contributed by atoms with Crippen LogP contribution in [0.15, 0.2) is 54.6 Å². The van der Waals surface area contributed by atoms with Crippen molar-refractivity contribution < 1.29 is 14.6 Å². The molecule has 3 nitrogen and oxygen atoms in total. The Labute approximate surface area is 110 Å². The van der Waals surface area contributed by atoms with Crippen molar-refractivity contribution in [3.63, 3.8) is 0 Å². The summed E-state index contributed by atoms with van der Waals surface area (Å²) < 4.78 is 4.89. The summed E-state index contributed by atoms with van der Waals surface area (Å²) in [6.45, 7) is 0.355. The van der Waals surface area contributed by atoms with E-state index in [9.17, 15) is 9.90 Å². The van der Waals surface area contributed by atoms with Crippen LogP contribution in [0.25, 0.3) is 16.7 Å². The topological polar surface area (TPSA) is 46.5 Å². The zero-order valence-electron chi connectivity index (χ0n) is 10.2. The van der Waals surface area contributed by atoms with Crippen LogP contribution in [0.4, 0.5) is 0 Å². The lowest BCUT2D eigenvalue weighted by Gasteiger charge is -2.04. The zero-order valence-corrected chi connectivity index (χ0v) is 10.2. The average molecular weight is 252 g/mol. The number of benzene rings is 2. The molecule has 0 atom stereocenters. The number of aromatic hydroxyl groups is 1. The molecule has 2 aromatic rings. The highest BCUT2D eigenvalue weighted by Crippen LogP contribution is 2.25. The Morgan fingerprint density at radius 2 is 1.37 bits per heavy atom. The van der Waals surface area contributed by atoms with Crippen molar-refractivity contribution >= 4 is 11.5 Å². The van der Waals surface area contributed by atoms with E-state index in [-0.39, 0.29) is 11.7 Å². The monoisotopic (exact) mass is 252 g/mol. The van der Waals surface area contributed by atoms with E-state index < -0.39 is 0 Å². The summed E-state index contributed by atoms with van der Waals surface area (Å²) in [5.41, 5.74) is 3.55. The summed E-state index contributed by atoms with van der Waals surface area (Å²) in [5.74, 6) is -0.0170. The van der Waals surface area contributed by atoms with Crippen LogP contribution in [-0.4, -0.2) is 17.7 Å². The Bertz CT molecular complexity index is 637. The van der Waals surface area contributed by atoms with E-state index in [1.807, 2.05) is 36.4 Å². The fraction of sp³-hybridized carbons (Fsp3) is 0.0625. The minimum atomic E-state index is -0.266. The van der Waals surface area contributed by atoms with Gasteiger partial charge in [0.25, 0.3) is 0 Å².